The Morgan fingerprint density at radius 1 is 1.41 bits per heavy atom. The molecule has 1 amide bonds. The summed E-state index contributed by atoms with van der Waals surface area (Å²) in [5.41, 5.74) is -0.0123. The Kier molecular flexibility index (Phi) is 2.69. The van der Waals surface area contributed by atoms with Crippen molar-refractivity contribution in [2.75, 3.05) is 6.54 Å². The maximum absolute atomic E-state index is 13.0. The maximum atomic E-state index is 13.0. The van der Waals surface area contributed by atoms with Gasteiger partial charge in [-0.05, 0) is 17.7 Å². The number of carbonyl (C=O) groups is 2. The standard InChI is InChI=1S/C16H14FNO4/c17-10-3-1-9(2-4-10)7-18-8-16-6-5-11(22-16)12(15(20)21)13(16)14(18)19/h1-6,11-13H,7-8H2,(H,20,21)/t11-,12-,13+,16-/m0/s1. The lowest BCUT2D eigenvalue weighted by Crippen LogP contribution is -2.39. The number of halogens is 1. The number of carbonyl (C=O) groups excluding carboxylic acids is 1. The van der Waals surface area contributed by atoms with Crippen LogP contribution in [-0.4, -0.2) is 40.1 Å². The average molecular weight is 303 g/mol. The first-order chi connectivity index (χ1) is 10.5. The molecule has 2 fully saturated rings. The Hall–Kier alpha value is -2.21. The van der Waals surface area contributed by atoms with Crippen LogP contribution in [0.1, 0.15) is 5.56 Å². The Bertz CT molecular complexity index is 686. The molecule has 2 saturated heterocycles. The van der Waals surface area contributed by atoms with Gasteiger partial charge < -0.3 is 14.7 Å². The summed E-state index contributed by atoms with van der Waals surface area (Å²) in [6.07, 6.45) is 3.05. The molecule has 3 aliphatic heterocycles. The molecule has 3 aliphatic rings. The van der Waals surface area contributed by atoms with Gasteiger partial charge in [0.25, 0.3) is 0 Å². The predicted octanol–water partition coefficient (Wildman–Crippen LogP) is 1.19. The van der Waals surface area contributed by atoms with Crippen LogP contribution in [0.3, 0.4) is 0 Å². The lowest BCUT2D eigenvalue weighted by Gasteiger charge is -2.21. The number of ether oxygens (including phenoxy) is 1. The molecule has 0 radical (unpaired) electrons. The first-order valence-electron chi connectivity index (χ1n) is 7.13. The third kappa shape index (κ3) is 1.73. The maximum Gasteiger partial charge on any atom is 0.310 e. The summed E-state index contributed by atoms with van der Waals surface area (Å²) in [5, 5.41) is 9.38. The smallest absolute Gasteiger partial charge is 0.310 e. The number of nitrogens with zero attached hydrogens (tertiary/aromatic N) is 1. The molecular formula is C16H14FNO4. The summed E-state index contributed by atoms with van der Waals surface area (Å²) in [7, 11) is 0. The SMILES string of the molecule is O=C(O)[C@H]1[C@@H]2C=C[C@@]3(CN(Cc4ccc(F)cc4)C(=O)[C@@H]13)O2. The van der Waals surface area contributed by atoms with Gasteiger partial charge in [0.15, 0.2) is 0 Å². The summed E-state index contributed by atoms with van der Waals surface area (Å²) < 4.78 is 18.8. The van der Waals surface area contributed by atoms with E-state index < -0.39 is 29.5 Å². The molecule has 1 aromatic carbocycles. The van der Waals surface area contributed by atoms with Crippen molar-refractivity contribution < 1.29 is 23.8 Å². The van der Waals surface area contributed by atoms with Crippen molar-refractivity contribution in [3.63, 3.8) is 0 Å². The molecule has 4 atom stereocenters. The van der Waals surface area contributed by atoms with Crippen LogP contribution < -0.4 is 0 Å². The second-order valence-electron chi connectivity index (χ2n) is 6.06. The molecule has 6 heteroatoms. The third-order valence-corrected chi connectivity index (χ3v) is 4.75. The van der Waals surface area contributed by atoms with Crippen LogP contribution >= 0.6 is 0 Å². The molecule has 114 valence electrons. The van der Waals surface area contributed by atoms with Gasteiger partial charge in [0, 0.05) is 6.54 Å². The minimum atomic E-state index is -1.00. The highest BCUT2D eigenvalue weighted by Crippen LogP contribution is 2.52. The number of hydrogen-bond acceptors (Lipinski definition) is 3. The van der Waals surface area contributed by atoms with Crippen LogP contribution in [-0.2, 0) is 20.9 Å². The van der Waals surface area contributed by atoms with E-state index in [0.29, 0.717) is 13.1 Å². The average Bonchev–Trinajstić information content (AvgIpc) is 3.10. The monoisotopic (exact) mass is 303 g/mol. The lowest BCUT2D eigenvalue weighted by molar-refractivity contribution is -0.148. The molecule has 1 spiro atoms. The molecule has 1 aromatic rings. The van der Waals surface area contributed by atoms with Crippen LogP contribution in [0.15, 0.2) is 36.4 Å². The van der Waals surface area contributed by atoms with E-state index in [1.807, 2.05) is 6.08 Å². The normalized spacial score (nSPS) is 35.2. The number of rotatable bonds is 3. The minimum absolute atomic E-state index is 0.205. The number of fused-ring (bicyclic) bond motifs is 1. The van der Waals surface area contributed by atoms with Crippen LogP contribution in [0.25, 0.3) is 0 Å². The number of hydrogen-bond donors (Lipinski definition) is 1. The Morgan fingerprint density at radius 2 is 2.14 bits per heavy atom. The van der Waals surface area contributed by atoms with Crippen molar-refractivity contribution in [2.45, 2.75) is 18.2 Å². The summed E-state index contributed by atoms with van der Waals surface area (Å²) in [6, 6.07) is 5.93. The van der Waals surface area contributed by atoms with E-state index in [1.54, 1.807) is 23.1 Å². The van der Waals surface area contributed by atoms with Gasteiger partial charge in [-0.25, -0.2) is 4.39 Å². The van der Waals surface area contributed by atoms with Crippen LogP contribution in [0.4, 0.5) is 4.39 Å². The van der Waals surface area contributed by atoms with Crippen molar-refractivity contribution in [3.8, 4) is 0 Å². The lowest BCUT2D eigenvalue weighted by atomic mass is 9.77. The first-order valence-corrected chi connectivity index (χ1v) is 7.13. The molecule has 1 N–H and O–H groups in total. The van der Waals surface area contributed by atoms with Crippen molar-refractivity contribution in [2.24, 2.45) is 11.8 Å². The van der Waals surface area contributed by atoms with E-state index in [0.717, 1.165) is 5.56 Å². The number of carboxylic acid groups (broad SMARTS) is 1. The molecule has 2 bridgehead atoms. The first kappa shape index (κ1) is 13.5. The van der Waals surface area contributed by atoms with E-state index in [4.69, 9.17) is 4.74 Å². The van der Waals surface area contributed by atoms with Crippen LogP contribution in [0, 0.1) is 17.7 Å². The zero-order valence-electron chi connectivity index (χ0n) is 11.6. The van der Waals surface area contributed by atoms with Gasteiger partial charge in [-0.1, -0.05) is 24.3 Å². The second kappa shape index (κ2) is 4.39. The number of likely N-dealkylation sites (tertiary alicyclic amines) is 1. The minimum Gasteiger partial charge on any atom is -0.481 e. The van der Waals surface area contributed by atoms with Crippen molar-refractivity contribution in [1.29, 1.82) is 0 Å². The zero-order chi connectivity index (χ0) is 15.5. The van der Waals surface area contributed by atoms with E-state index >= 15 is 0 Å². The van der Waals surface area contributed by atoms with E-state index in [-0.39, 0.29) is 11.7 Å². The highest BCUT2D eigenvalue weighted by Gasteiger charge is 2.66. The molecular weight excluding hydrogens is 289 g/mol. The number of amides is 1. The topological polar surface area (TPSA) is 66.8 Å². The van der Waals surface area contributed by atoms with Gasteiger partial charge in [-0.2, -0.15) is 0 Å². The van der Waals surface area contributed by atoms with E-state index in [1.165, 1.54) is 12.1 Å². The quantitative estimate of drug-likeness (QED) is 0.852. The molecule has 0 saturated carbocycles. The molecule has 5 nitrogen and oxygen atoms in total. The zero-order valence-corrected chi connectivity index (χ0v) is 11.6. The fourth-order valence-electron chi connectivity index (χ4n) is 3.80. The molecule has 4 rings (SSSR count). The van der Waals surface area contributed by atoms with Crippen LogP contribution in [0.2, 0.25) is 0 Å². The fourth-order valence-corrected chi connectivity index (χ4v) is 3.80. The summed E-state index contributed by atoms with van der Waals surface area (Å²) in [4.78, 5) is 25.7. The highest BCUT2D eigenvalue weighted by atomic mass is 19.1. The van der Waals surface area contributed by atoms with Crippen molar-refractivity contribution >= 4 is 11.9 Å². The predicted molar refractivity (Wildman–Crippen MR) is 73.2 cm³/mol. The Balaban J connectivity index is 1.61. The van der Waals surface area contributed by atoms with E-state index in [2.05, 4.69) is 0 Å². The largest absolute Gasteiger partial charge is 0.481 e. The van der Waals surface area contributed by atoms with Gasteiger partial charge in [-0.15, -0.1) is 0 Å². The molecule has 3 heterocycles. The third-order valence-electron chi connectivity index (χ3n) is 4.75. The number of benzene rings is 1. The van der Waals surface area contributed by atoms with Gasteiger partial charge in [0.05, 0.1) is 18.6 Å². The van der Waals surface area contributed by atoms with E-state index in [9.17, 15) is 19.1 Å². The summed E-state index contributed by atoms with van der Waals surface area (Å²) in [5.74, 6) is -3.03. The molecule has 0 unspecified atom stereocenters. The molecule has 0 aromatic heterocycles. The molecule has 0 aliphatic carbocycles. The Morgan fingerprint density at radius 3 is 2.82 bits per heavy atom. The van der Waals surface area contributed by atoms with Crippen molar-refractivity contribution in [1.82, 2.24) is 4.90 Å². The Labute approximate surface area is 126 Å². The second-order valence-corrected chi connectivity index (χ2v) is 6.06. The van der Waals surface area contributed by atoms with Crippen LogP contribution in [0.5, 0.6) is 0 Å². The van der Waals surface area contributed by atoms with Gasteiger partial charge in [0.2, 0.25) is 5.91 Å². The van der Waals surface area contributed by atoms with Gasteiger partial charge >= 0.3 is 5.97 Å². The van der Waals surface area contributed by atoms with Gasteiger partial charge in [0.1, 0.15) is 17.3 Å². The number of aliphatic carboxylic acids is 1. The number of carboxylic acids is 1. The molecule has 22 heavy (non-hydrogen) atoms. The highest BCUT2D eigenvalue weighted by molar-refractivity contribution is 5.90. The summed E-state index contributed by atoms with van der Waals surface area (Å²) in [6.45, 7) is 0.663. The van der Waals surface area contributed by atoms with Crippen molar-refractivity contribution in [3.05, 3.63) is 47.8 Å². The summed E-state index contributed by atoms with van der Waals surface area (Å²) >= 11 is 0. The van der Waals surface area contributed by atoms with Gasteiger partial charge in [-0.3, -0.25) is 9.59 Å². The fraction of sp³-hybridized carbons (Fsp3) is 0.375.